The lowest BCUT2D eigenvalue weighted by Crippen LogP contribution is -1.99. The van der Waals surface area contributed by atoms with Crippen molar-refractivity contribution in [3.05, 3.63) is 29.8 Å². The van der Waals surface area contributed by atoms with E-state index < -0.39 is 0 Å². The molecule has 0 saturated carbocycles. The number of hydrogen-bond acceptors (Lipinski definition) is 3. The van der Waals surface area contributed by atoms with Crippen LogP contribution in [0.3, 0.4) is 0 Å². The average Bonchev–Trinajstić information content (AvgIpc) is 2.29. The van der Waals surface area contributed by atoms with Crippen LogP contribution in [0.2, 0.25) is 0 Å². The van der Waals surface area contributed by atoms with Crippen molar-refractivity contribution in [2.75, 3.05) is 6.61 Å². The molecule has 0 radical (unpaired) electrons. The van der Waals surface area contributed by atoms with Crippen molar-refractivity contribution < 1.29 is 14.3 Å². The summed E-state index contributed by atoms with van der Waals surface area (Å²) in [6.07, 6.45) is 3.15. The first kappa shape index (κ1) is 12.4. The van der Waals surface area contributed by atoms with Crippen LogP contribution in [0.25, 0.3) is 0 Å². The van der Waals surface area contributed by atoms with Crippen LogP contribution in [0.15, 0.2) is 24.3 Å². The smallest absolute Gasteiger partial charge is 0.150 e. The number of rotatable bonds is 7. The molecule has 1 aromatic rings. The van der Waals surface area contributed by atoms with Gasteiger partial charge in [-0.25, -0.2) is 0 Å². The summed E-state index contributed by atoms with van der Waals surface area (Å²) in [5, 5.41) is 0. The van der Waals surface area contributed by atoms with Gasteiger partial charge in [0.25, 0.3) is 0 Å². The molecule has 0 spiro atoms. The third kappa shape index (κ3) is 4.73. The second kappa shape index (κ2) is 6.77. The van der Waals surface area contributed by atoms with Gasteiger partial charge < -0.3 is 9.53 Å². The van der Waals surface area contributed by atoms with E-state index in [1.807, 2.05) is 0 Å². The monoisotopic (exact) mass is 220 g/mol. The van der Waals surface area contributed by atoms with Gasteiger partial charge in [-0.1, -0.05) is 0 Å². The summed E-state index contributed by atoms with van der Waals surface area (Å²) in [6.45, 7) is 2.20. The third-order valence-corrected chi connectivity index (χ3v) is 2.21. The lowest BCUT2D eigenvalue weighted by Gasteiger charge is -2.05. The number of unbranched alkanes of at least 4 members (excludes halogenated alkanes) is 1. The maximum Gasteiger partial charge on any atom is 0.150 e. The zero-order valence-corrected chi connectivity index (χ0v) is 9.44. The van der Waals surface area contributed by atoms with Gasteiger partial charge in [0.2, 0.25) is 0 Å². The minimum Gasteiger partial charge on any atom is -0.494 e. The molecule has 3 nitrogen and oxygen atoms in total. The highest BCUT2D eigenvalue weighted by Crippen LogP contribution is 2.11. The summed E-state index contributed by atoms with van der Waals surface area (Å²) in [5.74, 6) is 0.976. The average molecular weight is 220 g/mol. The van der Waals surface area contributed by atoms with Gasteiger partial charge in [-0.2, -0.15) is 0 Å². The lowest BCUT2D eigenvalue weighted by molar-refractivity contribution is -0.117. The lowest BCUT2D eigenvalue weighted by atomic mass is 10.2. The van der Waals surface area contributed by atoms with E-state index in [2.05, 4.69) is 0 Å². The van der Waals surface area contributed by atoms with Crippen molar-refractivity contribution in [2.24, 2.45) is 0 Å². The van der Waals surface area contributed by atoms with E-state index in [0.29, 0.717) is 18.6 Å². The fourth-order valence-electron chi connectivity index (χ4n) is 1.31. The molecule has 16 heavy (non-hydrogen) atoms. The number of carbonyl (C=O) groups excluding carboxylic acids is 2. The number of ether oxygens (including phenoxy) is 1. The van der Waals surface area contributed by atoms with Crippen molar-refractivity contribution in [1.29, 1.82) is 0 Å². The van der Waals surface area contributed by atoms with Crippen LogP contribution in [0.4, 0.5) is 0 Å². The molecule has 0 aliphatic heterocycles. The van der Waals surface area contributed by atoms with E-state index in [0.717, 1.165) is 24.9 Å². The largest absolute Gasteiger partial charge is 0.494 e. The van der Waals surface area contributed by atoms with Gasteiger partial charge in [-0.05, 0) is 44.0 Å². The summed E-state index contributed by atoms with van der Waals surface area (Å²) in [4.78, 5) is 21.1. The Hall–Kier alpha value is -1.64. The standard InChI is InChI=1S/C13H16O3/c1-11(15)4-2-3-9-16-13-7-5-12(10-14)6-8-13/h5-8,10H,2-4,9H2,1H3. The molecule has 0 saturated heterocycles. The molecule has 0 atom stereocenters. The number of benzene rings is 1. The Morgan fingerprint density at radius 1 is 1.25 bits per heavy atom. The molecule has 3 heteroatoms. The molecule has 0 unspecified atom stereocenters. The molecule has 1 aromatic carbocycles. The van der Waals surface area contributed by atoms with Crippen LogP contribution in [-0.2, 0) is 4.79 Å². The van der Waals surface area contributed by atoms with E-state index in [4.69, 9.17) is 4.74 Å². The first-order valence-electron chi connectivity index (χ1n) is 5.40. The zero-order valence-electron chi connectivity index (χ0n) is 9.44. The Morgan fingerprint density at radius 3 is 2.50 bits per heavy atom. The normalized spacial score (nSPS) is 9.81. The predicted octanol–water partition coefficient (Wildman–Crippen LogP) is 2.64. The Morgan fingerprint density at radius 2 is 1.94 bits per heavy atom. The number of hydrogen-bond donors (Lipinski definition) is 0. The van der Waals surface area contributed by atoms with E-state index >= 15 is 0 Å². The first-order valence-corrected chi connectivity index (χ1v) is 5.40. The Balaban J connectivity index is 2.21. The van der Waals surface area contributed by atoms with Gasteiger partial charge >= 0.3 is 0 Å². The maximum atomic E-state index is 10.7. The van der Waals surface area contributed by atoms with Crippen LogP contribution >= 0.6 is 0 Å². The molecule has 0 amide bonds. The van der Waals surface area contributed by atoms with E-state index in [1.54, 1.807) is 31.2 Å². The van der Waals surface area contributed by atoms with Gasteiger partial charge in [0.1, 0.15) is 17.8 Å². The van der Waals surface area contributed by atoms with Gasteiger partial charge in [0, 0.05) is 12.0 Å². The van der Waals surface area contributed by atoms with Crippen LogP contribution in [0, 0.1) is 0 Å². The summed E-state index contributed by atoms with van der Waals surface area (Å²) in [5.41, 5.74) is 0.643. The second-order valence-electron chi connectivity index (χ2n) is 3.69. The van der Waals surface area contributed by atoms with Gasteiger partial charge in [0.15, 0.2) is 0 Å². The fourth-order valence-corrected chi connectivity index (χ4v) is 1.31. The summed E-state index contributed by atoms with van der Waals surface area (Å²) in [6, 6.07) is 6.99. The molecule has 0 N–H and O–H groups in total. The molecule has 0 heterocycles. The molecule has 0 aliphatic carbocycles. The Labute approximate surface area is 95.4 Å². The predicted molar refractivity (Wildman–Crippen MR) is 61.9 cm³/mol. The quantitative estimate of drug-likeness (QED) is 0.524. The van der Waals surface area contributed by atoms with Gasteiger partial charge in [-0.15, -0.1) is 0 Å². The minimum absolute atomic E-state index is 0.218. The molecule has 0 aliphatic rings. The molecule has 0 aromatic heterocycles. The topological polar surface area (TPSA) is 43.4 Å². The highest BCUT2D eigenvalue weighted by Gasteiger charge is 1.96. The van der Waals surface area contributed by atoms with Crippen LogP contribution in [0.5, 0.6) is 5.75 Å². The Bertz CT molecular complexity index is 341. The van der Waals surface area contributed by atoms with Gasteiger partial charge in [0.05, 0.1) is 6.61 Å². The second-order valence-corrected chi connectivity index (χ2v) is 3.69. The molecule has 0 bridgehead atoms. The first-order chi connectivity index (χ1) is 7.72. The maximum absolute atomic E-state index is 10.7. The van der Waals surface area contributed by atoms with E-state index in [1.165, 1.54) is 0 Å². The third-order valence-electron chi connectivity index (χ3n) is 2.21. The number of ketones is 1. The summed E-state index contributed by atoms with van der Waals surface area (Å²) < 4.78 is 5.46. The number of carbonyl (C=O) groups is 2. The van der Waals surface area contributed by atoms with Crippen LogP contribution in [0.1, 0.15) is 36.5 Å². The summed E-state index contributed by atoms with van der Waals surface area (Å²) in [7, 11) is 0. The van der Waals surface area contributed by atoms with Crippen molar-refractivity contribution in [3.63, 3.8) is 0 Å². The van der Waals surface area contributed by atoms with E-state index in [-0.39, 0.29) is 5.78 Å². The van der Waals surface area contributed by atoms with Crippen molar-refractivity contribution in [1.82, 2.24) is 0 Å². The van der Waals surface area contributed by atoms with Crippen molar-refractivity contribution >= 4 is 12.1 Å². The molecular weight excluding hydrogens is 204 g/mol. The minimum atomic E-state index is 0.218. The molecular formula is C13H16O3. The van der Waals surface area contributed by atoms with Gasteiger partial charge in [-0.3, -0.25) is 4.79 Å². The summed E-state index contributed by atoms with van der Waals surface area (Å²) >= 11 is 0. The zero-order chi connectivity index (χ0) is 11.8. The number of aldehydes is 1. The Kier molecular flexibility index (Phi) is 5.26. The van der Waals surface area contributed by atoms with E-state index in [9.17, 15) is 9.59 Å². The fraction of sp³-hybridized carbons (Fsp3) is 0.385. The van der Waals surface area contributed by atoms with Crippen molar-refractivity contribution in [3.8, 4) is 5.75 Å². The van der Waals surface area contributed by atoms with Crippen LogP contribution in [-0.4, -0.2) is 18.7 Å². The highest BCUT2D eigenvalue weighted by atomic mass is 16.5. The highest BCUT2D eigenvalue weighted by molar-refractivity contribution is 5.75. The molecule has 1 rings (SSSR count). The molecule has 86 valence electrons. The number of Topliss-reactive ketones (excluding diaryl/α,β-unsaturated/α-hetero) is 1. The SMILES string of the molecule is CC(=O)CCCCOc1ccc(C=O)cc1. The van der Waals surface area contributed by atoms with Crippen molar-refractivity contribution in [2.45, 2.75) is 26.2 Å². The van der Waals surface area contributed by atoms with Crippen LogP contribution < -0.4 is 4.74 Å². The molecule has 0 fully saturated rings.